The van der Waals surface area contributed by atoms with Gasteiger partial charge in [0.05, 0.1) is 14.2 Å². The molecule has 0 saturated heterocycles. The lowest BCUT2D eigenvalue weighted by atomic mass is 9.97. The highest BCUT2D eigenvalue weighted by Gasteiger charge is 2.22. The lowest BCUT2D eigenvalue weighted by molar-refractivity contribution is 0.0969. The molecule has 0 bridgehead atoms. The van der Waals surface area contributed by atoms with E-state index in [1.807, 2.05) is 42.5 Å². The molecule has 3 rings (SSSR count). The minimum Gasteiger partial charge on any atom is -0.497 e. The van der Waals surface area contributed by atoms with Gasteiger partial charge in [-0.25, -0.2) is 4.98 Å². The summed E-state index contributed by atoms with van der Waals surface area (Å²) in [6.07, 6.45) is 1.69. The average Bonchev–Trinajstić information content (AvgIpc) is 2.72. The minimum absolute atomic E-state index is 0.0523. The Balaban J connectivity index is 1.93. The van der Waals surface area contributed by atoms with Gasteiger partial charge in [-0.05, 0) is 54.1 Å². The number of ketones is 1. The maximum absolute atomic E-state index is 13.1. The molecule has 26 heavy (non-hydrogen) atoms. The Bertz CT molecular complexity index is 847. The van der Waals surface area contributed by atoms with Gasteiger partial charge in [-0.15, -0.1) is 0 Å². The normalized spacial score (nSPS) is 11.5. The molecule has 1 atom stereocenters. The number of pyridine rings is 1. The fourth-order valence-corrected chi connectivity index (χ4v) is 2.61. The fourth-order valence-electron chi connectivity index (χ4n) is 2.61. The molecule has 0 radical (unpaired) electrons. The molecule has 0 amide bonds. The van der Waals surface area contributed by atoms with Crippen LogP contribution in [0.25, 0.3) is 0 Å². The molecule has 0 fully saturated rings. The van der Waals surface area contributed by atoms with Crippen molar-refractivity contribution in [1.82, 2.24) is 4.98 Å². The standard InChI is InChI=1S/C21H20N2O3/c1-25-17-10-6-15(7-11-17)20(23-19-5-3-4-14-22-19)21(24)16-8-12-18(26-2)13-9-16/h3-14,20H,1-2H3,(H,22,23). The number of anilines is 1. The Labute approximate surface area is 152 Å². The Hall–Kier alpha value is -3.34. The van der Waals surface area contributed by atoms with Crippen molar-refractivity contribution in [2.45, 2.75) is 6.04 Å². The topological polar surface area (TPSA) is 60.5 Å². The van der Waals surface area contributed by atoms with Crippen LogP contribution in [0.3, 0.4) is 0 Å². The Kier molecular flexibility index (Phi) is 5.49. The molecule has 3 aromatic rings. The van der Waals surface area contributed by atoms with Crippen LogP contribution in [-0.4, -0.2) is 25.0 Å². The van der Waals surface area contributed by atoms with Gasteiger partial charge in [0.25, 0.3) is 0 Å². The number of benzene rings is 2. The molecule has 1 aromatic heterocycles. The van der Waals surface area contributed by atoms with Crippen molar-refractivity contribution in [2.75, 3.05) is 19.5 Å². The lowest BCUT2D eigenvalue weighted by Crippen LogP contribution is -2.21. The van der Waals surface area contributed by atoms with Crippen molar-refractivity contribution in [3.05, 3.63) is 84.1 Å². The van der Waals surface area contributed by atoms with Gasteiger partial charge in [0.15, 0.2) is 5.78 Å². The molecular formula is C21H20N2O3. The number of carbonyl (C=O) groups is 1. The SMILES string of the molecule is COc1ccc(C(=O)C(Nc2ccccn2)c2ccc(OC)cc2)cc1. The number of aromatic nitrogens is 1. The second-order valence-electron chi connectivity index (χ2n) is 5.66. The largest absolute Gasteiger partial charge is 0.497 e. The van der Waals surface area contributed by atoms with Gasteiger partial charge >= 0.3 is 0 Å². The van der Waals surface area contributed by atoms with Gasteiger partial charge in [-0.3, -0.25) is 4.79 Å². The number of nitrogens with one attached hydrogen (secondary N) is 1. The van der Waals surface area contributed by atoms with Crippen molar-refractivity contribution >= 4 is 11.6 Å². The molecule has 0 aliphatic carbocycles. The van der Waals surface area contributed by atoms with E-state index < -0.39 is 6.04 Å². The molecular weight excluding hydrogens is 328 g/mol. The molecule has 5 nitrogen and oxygen atoms in total. The van der Waals surface area contributed by atoms with Crippen LogP contribution < -0.4 is 14.8 Å². The number of Topliss-reactive ketones (excluding diaryl/α,β-unsaturated/α-hetero) is 1. The number of ether oxygens (including phenoxy) is 2. The quantitative estimate of drug-likeness (QED) is 0.651. The summed E-state index contributed by atoms with van der Waals surface area (Å²) < 4.78 is 10.4. The van der Waals surface area contributed by atoms with Crippen LogP contribution in [0, 0.1) is 0 Å². The highest BCUT2D eigenvalue weighted by Crippen LogP contribution is 2.25. The first kappa shape index (κ1) is 17.5. The number of nitrogens with zero attached hydrogens (tertiary/aromatic N) is 1. The van der Waals surface area contributed by atoms with Crippen molar-refractivity contribution in [3.8, 4) is 11.5 Å². The predicted molar refractivity (Wildman–Crippen MR) is 101 cm³/mol. The Morgan fingerprint density at radius 2 is 1.50 bits per heavy atom. The zero-order valence-corrected chi connectivity index (χ0v) is 14.7. The summed E-state index contributed by atoms with van der Waals surface area (Å²) in [4.78, 5) is 17.4. The van der Waals surface area contributed by atoms with Gasteiger partial charge < -0.3 is 14.8 Å². The molecule has 1 N–H and O–H groups in total. The van der Waals surface area contributed by atoms with Crippen molar-refractivity contribution < 1.29 is 14.3 Å². The third kappa shape index (κ3) is 4.00. The van der Waals surface area contributed by atoms with E-state index in [9.17, 15) is 4.79 Å². The van der Waals surface area contributed by atoms with E-state index in [0.717, 1.165) is 11.3 Å². The summed E-state index contributed by atoms with van der Waals surface area (Å²) in [6.45, 7) is 0. The minimum atomic E-state index is -0.566. The van der Waals surface area contributed by atoms with Gasteiger partial charge in [0.1, 0.15) is 23.4 Å². The van der Waals surface area contributed by atoms with Gasteiger partial charge in [-0.2, -0.15) is 0 Å². The molecule has 1 unspecified atom stereocenters. The van der Waals surface area contributed by atoms with Crippen molar-refractivity contribution in [2.24, 2.45) is 0 Å². The van der Waals surface area contributed by atoms with Crippen LogP contribution in [0.4, 0.5) is 5.82 Å². The number of rotatable bonds is 7. The van der Waals surface area contributed by atoms with Crippen LogP contribution in [-0.2, 0) is 0 Å². The summed E-state index contributed by atoms with van der Waals surface area (Å²) in [7, 11) is 3.21. The van der Waals surface area contributed by atoms with E-state index in [4.69, 9.17) is 9.47 Å². The number of methoxy groups -OCH3 is 2. The summed E-state index contributed by atoms with van der Waals surface area (Å²) in [5.41, 5.74) is 1.42. The number of carbonyl (C=O) groups excluding carboxylic acids is 1. The fraction of sp³-hybridized carbons (Fsp3) is 0.143. The van der Waals surface area contributed by atoms with Crippen LogP contribution in [0.1, 0.15) is 22.0 Å². The molecule has 0 aliphatic heterocycles. The van der Waals surface area contributed by atoms with Crippen LogP contribution >= 0.6 is 0 Å². The Morgan fingerprint density at radius 1 is 0.885 bits per heavy atom. The predicted octanol–water partition coefficient (Wildman–Crippen LogP) is 4.13. The highest BCUT2D eigenvalue weighted by atomic mass is 16.5. The second kappa shape index (κ2) is 8.16. The molecule has 1 heterocycles. The van der Waals surface area contributed by atoms with E-state index in [2.05, 4.69) is 10.3 Å². The first-order valence-electron chi connectivity index (χ1n) is 8.21. The van der Waals surface area contributed by atoms with E-state index in [0.29, 0.717) is 17.1 Å². The molecule has 132 valence electrons. The van der Waals surface area contributed by atoms with Crippen LogP contribution in [0.5, 0.6) is 11.5 Å². The summed E-state index contributed by atoms with van der Waals surface area (Å²) >= 11 is 0. The number of hydrogen-bond donors (Lipinski definition) is 1. The summed E-state index contributed by atoms with van der Waals surface area (Å²) in [5, 5.41) is 3.23. The zero-order valence-electron chi connectivity index (χ0n) is 14.7. The first-order valence-corrected chi connectivity index (χ1v) is 8.21. The maximum atomic E-state index is 13.1. The average molecular weight is 348 g/mol. The van der Waals surface area contributed by atoms with Gasteiger partial charge in [0, 0.05) is 11.8 Å². The van der Waals surface area contributed by atoms with Crippen molar-refractivity contribution in [3.63, 3.8) is 0 Å². The molecule has 5 heteroatoms. The maximum Gasteiger partial charge on any atom is 0.189 e. The monoisotopic (exact) mass is 348 g/mol. The first-order chi connectivity index (χ1) is 12.7. The van der Waals surface area contributed by atoms with E-state index in [-0.39, 0.29) is 5.78 Å². The van der Waals surface area contributed by atoms with E-state index in [1.165, 1.54) is 0 Å². The van der Waals surface area contributed by atoms with E-state index in [1.54, 1.807) is 44.7 Å². The smallest absolute Gasteiger partial charge is 0.189 e. The third-order valence-electron chi connectivity index (χ3n) is 4.04. The molecule has 0 aliphatic rings. The van der Waals surface area contributed by atoms with Crippen LogP contribution in [0.2, 0.25) is 0 Å². The zero-order chi connectivity index (χ0) is 18.4. The van der Waals surface area contributed by atoms with Crippen LogP contribution in [0.15, 0.2) is 72.9 Å². The molecule has 2 aromatic carbocycles. The number of hydrogen-bond acceptors (Lipinski definition) is 5. The third-order valence-corrected chi connectivity index (χ3v) is 4.04. The molecule has 0 saturated carbocycles. The second-order valence-corrected chi connectivity index (χ2v) is 5.66. The van der Waals surface area contributed by atoms with Gasteiger partial charge in [0.2, 0.25) is 0 Å². The molecule has 0 spiro atoms. The van der Waals surface area contributed by atoms with E-state index >= 15 is 0 Å². The highest BCUT2D eigenvalue weighted by molar-refractivity contribution is 6.02. The lowest BCUT2D eigenvalue weighted by Gasteiger charge is -2.19. The van der Waals surface area contributed by atoms with Gasteiger partial charge in [-0.1, -0.05) is 18.2 Å². The summed E-state index contributed by atoms with van der Waals surface area (Å²) in [6, 6.07) is 19.5. The van der Waals surface area contributed by atoms with Crippen molar-refractivity contribution in [1.29, 1.82) is 0 Å². The Morgan fingerprint density at radius 3 is 2.04 bits per heavy atom. The summed E-state index contributed by atoms with van der Waals surface area (Å²) in [5.74, 6) is 2.03.